The third kappa shape index (κ3) is 8.95. The number of aliphatic carboxylic acids is 1. The second kappa shape index (κ2) is 19.8. The minimum atomic E-state index is -2.50. The van der Waals surface area contributed by atoms with Gasteiger partial charge in [0, 0.05) is 84.4 Å². The predicted octanol–water partition coefficient (Wildman–Crippen LogP) is 3.94. The Morgan fingerprint density at radius 3 is 1.94 bits per heavy atom. The SMILES string of the molecule is CO[C@H]1CC[C@H](O[C@H]2[C@H](C)[C@@H]([C@H]3CC[C@H]([C@@H]4CC[C@H]([C@@]5(C)OC6(O[C@H](C[C@@H]7O[C@](O)([C@@H](O)C(=O)O)[C@@H](C)[C@H](OC)[C@@]7(C)OC)C[C@@H](OC)C6C)[C@H](C)[C@H]5OC)O4)O3)O[C@](C)(O)[C@@H]2C)O[C@@H]1C. The summed E-state index contributed by atoms with van der Waals surface area (Å²) in [6.07, 6.45) is -2.92. The van der Waals surface area contributed by atoms with Crippen molar-refractivity contribution in [3.8, 4) is 0 Å². The fraction of sp³-hybridized carbons (Fsp3) is 0.979. The Morgan fingerprint density at radius 2 is 1.33 bits per heavy atom. The lowest BCUT2D eigenvalue weighted by Crippen LogP contribution is -2.72. The highest BCUT2D eigenvalue weighted by Crippen LogP contribution is 2.57. The van der Waals surface area contributed by atoms with Crippen LogP contribution in [0.4, 0.5) is 0 Å². The fourth-order valence-corrected chi connectivity index (χ4v) is 13.3. The maximum atomic E-state index is 12.1. The van der Waals surface area contributed by atoms with E-state index < -0.39 is 83.4 Å². The van der Waals surface area contributed by atoms with Crippen molar-refractivity contribution in [1.29, 1.82) is 0 Å². The third-order valence-electron chi connectivity index (χ3n) is 17.6. The fourth-order valence-electron chi connectivity index (χ4n) is 13.3. The Hall–Kier alpha value is -1.17. The van der Waals surface area contributed by atoms with Gasteiger partial charge >= 0.3 is 5.97 Å². The highest BCUT2D eigenvalue weighted by atomic mass is 16.7. The molecule has 7 rings (SSSR count). The lowest BCUT2D eigenvalue weighted by Gasteiger charge is -2.56. The molecule has 66 heavy (non-hydrogen) atoms. The number of ether oxygens (including phenoxy) is 13. The quantitative estimate of drug-likeness (QED) is 0.194. The van der Waals surface area contributed by atoms with Gasteiger partial charge < -0.3 is 82.0 Å². The summed E-state index contributed by atoms with van der Waals surface area (Å²) in [5.41, 5.74) is -2.16. The molecule has 2 unspecified atom stereocenters. The summed E-state index contributed by atoms with van der Waals surface area (Å²) in [4.78, 5) is 12.1. The summed E-state index contributed by atoms with van der Waals surface area (Å²) in [6.45, 7) is 17.2. The number of aliphatic hydroxyl groups excluding tert-OH is 1. The Kier molecular flexibility index (Phi) is 15.8. The topological polar surface area (TPSA) is 218 Å². The molecule has 7 aliphatic heterocycles. The first kappa shape index (κ1) is 52.6. The van der Waals surface area contributed by atoms with Crippen LogP contribution < -0.4 is 0 Å². The van der Waals surface area contributed by atoms with Gasteiger partial charge in [0.15, 0.2) is 17.9 Å². The van der Waals surface area contributed by atoms with Crippen molar-refractivity contribution in [3.05, 3.63) is 0 Å². The average molecular weight is 947 g/mol. The first-order valence-corrected chi connectivity index (χ1v) is 24.4. The van der Waals surface area contributed by atoms with Gasteiger partial charge in [-0.25, -0.2) is 4.79 Å². The molecule has 1 spiro atoms. The molecule has 0 amide bonds. The molecule has 4 N–H and O–H groups in total. The van der Waals surface area contributed by atoms with Gasteiger partial charge in [-0.2, -0.15) is 0 Å². The van der Waals surface area contributed by atoms with E-state index in [1.54, 1.807) is 42.1 Å². The third-order valence-corrected chi connectivity index (χ3v) is 17.6. The first-order chi connectivity index (χ1) is 31.0. The standard InChI is InChI=1S/C48H82O18/c1-23-38(62-37-20-18-30(54-10)28(6)59-37)25(3)46(9,52)65-39(23)33-16-15-31(60-33)32-17-19-35(61-32)45(8)42(57-13)27(5)48(66-45)24(2)34(55-11)21-29(63-48)22-36-44(7,58-14)41(56-12)26(4)47(53,64-36)40(49)43(50)51/h23-42,49,52-53H,15-22H2,1-14H3,(H,50,51)/t23-,24?,25+,26-,27+,28+,29-,30-,31+,32-,33+,34+,35+,36-,37-,38-,39-,40-,41-,42+,44-,45+,46-,47-,48?/m0/s1. The van der Waals surface area contributed by atoms with Crippen molar-refractivity contribution in [1.82, 2.24) is 0 Å². The molecule has 0 radical (unpaired) electrons. The molecule has 7 heterocycles. The molecule has 0 aromatic rings. The highest BCUT2D eigenvalue weighted by molar-refractivity contribution is 5.73. The van der Waals surface area contributed by atoms with Crippen LogP contribution >= 0.6 is 0 Å². The van der Waals surface area contributed by atoms with Crippen LogP contribution in [0.25, 0.3) is 0 Å². The van der Waals surface area contributed by atoms with E-state index in [4.69, 9.17) is 61.6 Å². The number of hydrogen-bond acceptors (Lipinski definition) is 17. The Morgan fingerprint density at radius 1 is 0.697 bits per heavy atom. The van der Waals surface area contributed by atoms with Gasteiger partial charge in [-0.3, -0.25) is 0 Å². The molecule has 7 saturated heterocycles. The molecule has 0 aromatic heterocycles. The van der Waals surface area contributed by atoms with Crippen LogP contribution in [0.1, 0.15) is 114 Å². The largest absolute Gasteiger partial charge is 0.479 e. The monoisotopic (exact) mass is 947 g/mol. The summed E-state index contributed by atoms with van der Waals surface area (Å²) in [6, 6.07) is 0. The molecule has 25 atom stereocenters. The van der Waals surface area contributed by atoms with Crippen molar-refractivity contribution < 1.29 is 86.8 Å². The van der Waals surface area contributed by atoms with E-state index in [1.165, 1.54) is 14.2 Å². The zero-order valence-corrected chi connectivity index (χ0v) is 41.7. The van der Waals surface area contributed by atoms with Crippen molar-refractivity contribution in [2.45, 2.75) is 234 Å². The molecule has 0 aliphatic carbocycles. The van der Waals surface area contributed by atoms with Gasteiger partial charge in [0.25, 0.3) is 0 Å². The van der Waals surface area contributed by atoms with E-state index in [9.17, 15) is 25.2 Å². The van der Waals surface area contributed by atoms with Crippen LogP contribution in [0.2, 0.25) is 0 Å². The minimum Gasteiger partial charge on any atom is -0.479 e. The van der Waals surface area contributed by atoms with Crippen molar-refractivity contribution in [2.75, 3.05) is 35.5 Å². The van der Waals surface area contributed by atoms with Gasteiger partial charge in [0.1, 0.15) is 11.2 Å². The first-order valence-electron chi connectivity index (χ1n) is 24.4. The van der Waals surface area contributed by atoms with Crippen molar-refractivity contribution in [3.63, 3.8) is 0 Å². The molecule has 18 heteroatoms. The van der Waals surface area contributed by atoms with Crippen LogP contribution in [-0.4, -0.2) is 182 Å². The van der Waals surface area contributed by atoms with E-state index in [-0.39, 0.29) is 78.9 Å². The second-order valence-corrected chi connectivity index (χ2v) is 21.2. The van der Waals surface area contributed by atoms with Gasteiger partial charge in [-0.1, -0.05) is 34.6 Å². The number of rotatable bonds is 14. The lowest BCUT2D eigenvalue weighted by atomic mass is 9.73. The number of carboxylic acids is 1. The van der Waals surface area contributed by atoms with Crippen molar-refractivity contribution >= 4 is 5.97 Å². The van der Waals surface area contributed by atoms with Crippen LogP contribution in [-0.2, 0) is 66.4 Å². The van der Waals surface area contributed by atoms with Gasteiger partial charge in [-0.05, 0) is 59.8 Å². The van der Waals surface area contributed by atoms with Gasteiger partial charge in [0.2, 0.25) is 11.9 Å². The molecule has 382 valence electrons. The van der Waals surface area contributed by atoms with E-state index in [0.717, 1.165) is 25.7 Å². The van der Waals surface area contributed by atoms with Gasteiger partial charge in [0.05, 0.1) is 79.4 Å². The summed E-state index contributed by atoms with van der Waals surface area (Å²) in [7, 11) is 7.98. The van der Waals surface area contributed by atoms with Gasteiger partial charge in [-0.15, -0.1) is 0 Å². The number of methoxy groups -OCH3 is 5. The number of hydrogen-bond donors (Lipinski definition) is 4. The summed E-state index contributed by atoms with van der Waals surface area (Å²) in [5, 5.41) is 43.9. The van der Waals surface area contributed by atoms with E-state index in [2.05, 4.69) is 13.8 Å². The Labute approximate surface area is 391 Å². The van der Waals surface area contributed by atoms with Crippen LogP contribution in [0.5, 0.6) is 0 Å². The van der Waals surface area contributed by atoms with E-state index >= 15 is 0 Å². The average Bonchev–Trinajstić information content (AvgIpc) is 4.02. The maximum absolute atomic E-state index is 12.1. The van der Waals surface area contributed by atoms with Crippen molar-refractivity contribution in [2.24, 2.45) is 29.6 Å². The molecular weight excluding hydrogens is 865 g/mol. The molecule has 0 saturated carbocycles. The van der Waals surface area contributed by atoms with Crippen LogP contribution in [0.3, 0.4) is 0 Å². The molecule has 7 fully saturated rings. The normalized spacial score (nSPS) is 53.9. The number of carbonyl (C=O) groups is 1. The number of carboxylic acid groups (broad SMARTS) is 1. The zero-order chi connectivity index (χ0) is 48.5. The predicted molar refractivity (Wildman–Crippen MR) is 234 cm³/mol. The highest BCUT2D eigenvalue weighted by Gasteiger charge is 2.70. The Bertz CT molecular complexity index is 1660. The number of aliphatic hydroxyl groups is 3. The maximum Gasteiger partial charge on any atom is 0.338 e. The molecular formula is C48H82O18. The molecule has 7 aliphatic rings. The Balaban J connectivity index is 1.05. The zero-order valence-electron chi connectivity index (χ0n) is 41.7. The van der Waals surface area contributed by atoms with Crippen LogP contribution in [0, 0.1) is 29.6 Å². The smallest absolute Gasteiger partial charge is 0.338 e. The molecule has 0 bridgehead atoms. The lowest BCUT2D eigenvalue weighted by molar-refractivity contribution is -0.389. The molecule has 18 nitrogen and oxygen atoms in total. The summed E-state index contributed by atoms with van der Waals surface area (Å²) < 4.78 is 83.8. The van der Waals surface area contributed by atoms with E-state index in [1.807, 2.05) is 27.7 Å². The summed E-state index contributed by atoms with van der Waals surface area (Å²) in [5.74, 6) is -8.80. The second-order valence-electron chi connectivity index (χ2n) is 21.2. The molecule has 0 aromatic carbocycles. The van der Waals surface area contributed by atoms with E-state index in [0.29, 0.717) is 19.3 Å². The summed E-state index contributed by atoms with van der Waals surface area (Å²) >= 11 is 0. The van der Waals surface area contributed by atoms with Crippen LogP contribution in [0.15, 0.2) is 0 Å². The minimum absolute atomic E-state index is 0.0182.